The number of pyridine rings is 1. The molecule has 142 valence electrons. The van der Waals surface area contributed by atoms with Gasteiger partial charge in [-0.15, -0.1) is 0 Å². The van der Waals surface area contributed by atoms with Crippen LogP contribution in [0.5, 0.6) is 11.8 Å². The Hall–Kier alpha value is -2.77. The zero-order valence-electron chi connectivity index (χ0n) is 14.2. The van der Waals surface area contributed by atoms with Gasteiger partial charge in [-0.1, -0.05) is 0 Å². The molecule has 2 aliphatic rings. The molecule has 0 radical (unpaired) electrons. The number of rotatable bonds is 1. The van der Waals surface area contributed by atoms with E-state index in [9.17, 15) is 28.5 Å². The summed E-state index contributed by atoms with van der Waals surface area (Å²) in [6, 6.07) is 2.00. The van der Waals surface area contributed by atoms with Gasteiger partial charge in [0.15, 0.2) is 5.69 Å². The summed E-state index contributed by atoms with van der Waals surface area (Å²) in [4.78, 5) is 3.50. The number of aromatic nitrogens is 2. The molecule has 0 aromatic carbocycles. The predicted molar refractivity (Wildman–Crippen MR) is 83.0 cm³/mol. The molecule has 3 atom stereocenters. The molecule has 4 heterocycles. The highest BCUT2D eigenvalue weighted by Gasteiger charge is 2.64. The van der Waals surface area contributed by atoms with E-state index in [4.69, 9.17) is 10.00 Å². The molecule has 3 N–H and O–H groups in total. The lowest BCUT2D eigenvalue weighted by Gasteiger charge is -2.25. The van der Waals surface area contributed by atoms with E-state index in [1.807, 2.05) is 0 Å². The zero-order chi connectivity index (χ0) is 19.9. The number of fused-ring (bicyclic) bond motifs is 5. The van der Waals surface area contributed by atoms with Crippen molar-refractivity contribution in [3.8, 4) is 23.5 Å². The Morgan fingerprint density at radius 1 is 1.30 bits per heavy atom. The maximum atomic E-state index is 13.2. The fourth-order valence-electron chi connectivity index (χ4n) is 4.16. The fourth-order valence-corrected chi connectivity index (χ4v) is 4.16. The van der Waals surface area contributed by atoms with Crippen molar-refractivity contribution in [3.63, 3.8) is 0 Å². The highest BCUT2D eigenvalue weighted by Crippen LogP contribution is 2.64. The van der Waals surface area contributed by atoms with Crippen LogP contribution in [0.4, 0.5) is 13.2 Å². The Morgan fingerprint density at radius 3 is 2.52 bits per heavy atom. The summed E-state index contributed by atoms with van der Waals surface area (Å²) < 4.78 is 46.3. The van der Waals surface area contributed by atoms with Gasteiger partial charge in [-0.25, -0.2) is 9.55 Å². The first kappa shape index (κ1) is 17.6. The molecule has 7 nitrogen and oxygen atoms in total. The van der Waals surface area contributed by atoms with Crippen molar-refractivity contribution in [1.29, 1.82) is 5.26 Å². The molecule has 0 saturated carbocycles. The van der Waals surface area contributed by atoms with Crippen LogP contribution in [0, 0.1) is 11.3 Å². The van der Waals surface area contributed by atoms with Crippen molar-refractivity contribution in [3.05, 3.63) is 34.6 Å². The quantitative estimate of drug-likeness (QED) is 0.700. The van der Waals surface area contributed by atoms with Crippen LogP contribution in [0.3, 0.4) is 0 Å². The Kier molecular flexibility index (Phi) is 3.22. The minimum absolute atomic E-state index is 0.124. The number of hydrogen-bond acceptors (Lipinski definition) is 6. The van der Waals surface area contributed by atoms with Gasteiger partial charge in [0.2, 0.25) is 11.8 Å². The van der Waals surface area contributed by atoms with Crippen LogP contribution in [0.15, 0.2) is 12.3 Å². The van der Waals surface area contributed by atoms with E-state index in [-0.39, 0.29) is 23.2 Å². The first-order valence-corrected chi connectivity index (χ1v) is 7.97. The summed E-state index contributed by atoms with van der Waals surface area (Å²) >= 11 is 0. The van der Waals surface area contributed by atoms with E-state index in [1.165, 1.54) is 13.0 Å². The standard InChI is InChI=1S/C17H14F3N3O4/c1-15-4-10(24)16(2,27-15)12-11(15)13(25)23(14(12)26)7-3-8(17(18,19)20)9(5-21)22-6-7/h3,6,10,24-26H,4H2,1-2H3/t10-,15?,16?/m1/s1. The minimum Gasteiger partial charge on any atom is -0.494 e. The van der Waals surface area contributed by atoms with Crippen LogP contribution in [0.1, 0.15) is 42.7 Å². The zero-order valence-corrected chi connectivity index (χ0v) is 14.2. The lowest BCUT2D eigenvalue weighted by molar-refractivity contribution is -0.138. The Labute approximate surface area is 150 Å². The molecule has 0 aliphatic carbocycles. The predicted octanol–water partition coefficient (Wildman–Crippen LogP) is 2.40. The molecule has 2 aromatic rings. The normalized spacial score (nSPS) is 29.0. The molecule has 0 amide bonds. The third kappa shape index (κ3) is 2.06. The average molecular weight is 381 g/mol. The highest BCUT2D eigenvalue weighted by molar-refractivity contribution is 5.61. The fraction of sp³-hybridized carbons (Fsp3) is 0.412. The number of aromatic hydroxyl groups is 2. The molecule has 2 bridgehead atoms. The molecule has 1 fully saturated rings. The third-order valence-electron chi connectivity index (χ3n) is 5.34. The Bertz CT molecular complexity index is 1030. The van der Waals surface area contributed by atoms with E-state index in [1.54, 1.807) is 6.92 Å². The molecular formula is C17H14F3N3O4. The van der Waals surface area contributed by atoms with Gasteiger partial charge in [0.05, 0.1) is 40.3 Å². The van der Waals surface area contributed by atoms with Crippen LogP contribution in [-0.4, -0.2) is 31.0 Å². The number of hydrogen-bond donors (Lipinski definition) is 3. The first-order valence-electron chi connectivity index (χ1n) is 7.97. The number of alkyl halides is 3. The van der Waals surface area contributed by atoms with Crippen LogP contribution in [0.25, 0.3) is 5.69 Å². The van der Waals surface area contributed by atoms with Gasteiger partial charge < -0.3 is 20.1 Å². The molecule has 2 aromatic heterocycles. The summed E-state index contributed by atoms with van der Waals surface area (Å²) in [6.07, 6.45) is -4.69. The average Bonchev–Trinajstić information content (AvgIpc) is 3.07. The number of halogens is 3. The van der Waals surface area contributed by atoms with Gasteiger partial charge in [0, 0.05) is 6.42 Å². The lowest BCUT2D eigenvalue weighted by Crippen LogP contribution is -2.32. The van der Waals surface area contributed by atoms with Crippen molar-refractivity contribution in [1.82, 2.24) is 9.55 Å². The minimum atomic E-state index is -4.84. The second-order valence-electron chi connectivity index (χ2n) is 7.09. The molecule has 0 spiro atoms. The summed E-state index contributed by atoms with van der Waals surface area (Å²) in [5, 5.41) is 40.5. The number of ether oxygens (including phenoxy) is 1. The maximum absolute atomic E-state index is 13.2. The number of nitriles is 1. The monoisotopic (exact) mass is 381 g/mol. The second-order valence-corrected chi connectivity index (χ2v) is 7.09. The summed E-state index contributed by atoms with van der Waals surface area (Å²) in [7, 11) is 0. The lowest BCUT2D eigenvalue weighted by atomic mass is 9.78. The van der Waals surface area contributed by atoms with Gasteiger partial charge in [-0.05, 0) is 19.9 Å². The van der Waals surface area contributed by atoms with E-state index in [2.05, 4.69) is 4.98 Å². The van der Waals surface area contributed by atoms with Gasteiger partial charge in [0.25, 0.3) is 0 Å². The number of aliphatic hydroxyl groups is 1. The van der Waals surface area contributed by atoms with Gasteiger partial charge in [0.1, 0.15) is 11.7 Å². The molecular weight excluding hydrogens is 367 g/mol. The summed E-state index contributed by atoms with van der Waals surface area (Å²) in [5.74, 6) is -1.05. The summed E-state index contributed by atoms with van der Waals surface area (Å²) in [6.45, 7) is 3.16. The van der Waals surface area contributed by atoms with Crippen molar-refractivity contribution in [2.24, 2.45) is 0 Å². The van der Waals surface area contributed by atoms with E-state index in [0.717, 1.165) is 10.8 Å². The molecule has 1 saturated heterocycles. The van der Waals surface area contributed by atoms with Gasteiger partial charge in [-0.2, -0.15) is 18.4 Å². The maximum Gasteiger partial charge on any atom is 0.419 e. The van der Waals surface area contributed by atoms with Crippen molar-refractivity contribution in [2.45, 2.75) is 43.8 Å². The van der Waals surface area contributed by atoms with Gasteiger partial charge >= 0.3 is 6.18 Å². The summed E-state index contributed by atoms with van der Waals surface area (Å²) in [5.41, 5.74) is -4.43. The molecule has 27 heavy (non-hydrogen) atoms. The van der Waals surface area contributed by atoms with Crippen molar-refractivity contribution >= 4 is 0 Å². The van der Waals surface area contributed by atoms with Crippen LogP contribution in [0.2, 0.25) is 0 Å². The van der Waals surface area contributed by atoms with Crippen molar-refractivity contribution in [2.75, 3.05) is 0 Å². The SMILES string of the molecule is CC12C[C@@H](O)C(C)(O1)c1c2c(O)n(-c2cnc(C#N)c(C(F)(F)F)c2)c1O. The Balaban J connectivity index is 1.98. The second kappa shape index (κ2) is 4.94. The van der Waals surface area contributed by atoms with Gasteiger partial charge in [-0.3, -0.25) is 0 Å². The molecule has 2 unspecified atom stereocenters. The topological polar surface area (TPSA) is 112 Å². The van der Waals surface area contributed by atoms with Crippen LogP contribution >= 0.6 is 0 Å². The first-order chi connectivity index (χ1) is 12.4. The van der Waals surface area contributed by atoms with E-state index >= 15 is 0 Å². The van der Waals surface area contributed by atoms with E-state index < -0.39 is 46.5 Å². The molecule has 2 aliphatic heterocycles. The van der Waals surface area contributed by atoms with E-state index in [0.29, 0.717) is 6.07 Å². The molecule has 4 rings (SSSR count). The van der Waals surface area contributed by atoms with Crippen molar-refractivity contribution < 1.29 is 33.2 Å². The smallest absolute Gasteiger partial charge is 0.419 e. The number of aliphatic hydroxyl groups excluding tert-OH is 1. The Morgan fingerprint density at radius 2 is 1.93 bits per heavy atom. The highest BCUT2D eigenvalue weighted by atomic mass is 19.4. The van der Waals surface area contributed by atoms with Crippen LogP contribution in [-0.2, 0) is 22.1 Å². The molecule has 10 heteroatoms. The third-order valence-corrected chi connectivity index (χ3v) is 5.34. The van der Waals surface area contributed by atoms with Crippen LogP contribution < -0.4 is 0 Å². The number of nitrogens with zero attached hydrogens (tertiary/aromatic N) is 3. The largest absolute Gasteiger partial charge is 0.494 e.